The summed E-state index contributed by atoms with van der Waals surface area (Å²) in [5.74, 6) is -1.30. The van der Waals surface area contributed by atoms with Gasteiger partial charge in [0.1, 0.15) is 12.1 Å². The number of halogens is 2. The van der Waals surface area contributed by atoms with Crippen molar-refractivity contribution in [2.75, 3.05) is 0 Å². The van der Waals surface area contributed by atoms with Gasteiger partial charge in [-0.3, -0.25) is 4.79 Å². The summed E-state index contributed by atoms with van der Waals surface area (Å²) >= 11 is 5.36. The number of aryl methyl sites for hydroxylation is 1. The molecule has 2 rings (SSSR count). The number of hydrogen-bond donors (Lipinski definition) is 3. The Morgan fingerprint density at radius 2 is 2.05 bits per heavy atom. The van der Waals surface area contributed by atoms with E-state index in [9.17, 15) is 9.18 Å². The molecule has 2 aromatic rings. The molecule has 0 atom stereocenters. The molecule has 0 saturated heterocycles. The maximum absolute atomic E-state index is 12.6. The largest absolute Gasteiger partial charge is 0.482 e. The van der Waals surface area contributed by atoms with Crippen molar-refractivity contribution < 1.29 is 23.8 Å². The Morgan fingerprint density at radius 3 is 2.35 bits per heavy atom. The molecule has 0 spiro atoms. The average Bonchev–Trinajstić information content (AvgIpc) is 2.85. The van der Waals surface area contributed by atoms with E-state index in [-0.39, 0.29) is 18.3 Å². The Morgan fingerprint density at radius 1 is 1.45 bits per heavy atom. The second-order valence-corrected chi connectivity index (χ2v) is 3.66. The Hall–Kier alpha value is -1.90. The molecule has 1 aromatic heterocycles. The van der Waals surface area contributed by atoms with E-state index in [0.717, 1.165) is 11.8 Å². The quantitative estimate of drug-likeness (QED) is 0.682. The van der Waals surface area contributed by atoms with Crippen LogP contribution in [-0.2, 0) is 0 Å². The lowest BCUT2D eigenvalue weighted by Gasteiger charge is -1.95. The van der Waals surface area contributed by atoms with Gasteiger partial charge in [0.25, 0.3) is 0 Å². The number of benzene rings is 1. The number of primary amides is 1. The molecule has 0 aliphatic heterocycles. The third kappa shape index (κ3) is 7.52. The number of carbonyl (C=O) groups is 1. The van der Waals surface area contributed by atoms with E-state index >= 15 is 0 Å². The molecule has 0 aliphatic carbocycles. The van der Waals surface area contributed by atoms with Crippen molar-refractivity contribution in [3.8, 4) is 0 Å². The Labute approximate surface area is 120 Å². The van der Waals surface area contributed by atoms with Crippen LogP contribution in [0.15, 0.2) is 35.1 Å². The molecule has 1 amide bonds. The summed E-state index contributed by atoms with van der Waals surface area (Å²) < 4.78 is 17.1. The van der Waals surface area contributed by atoms with Gasteiger partial charge >= 0.3 is 7.69 Å². The van der Waals surface area contributed by atoms with Gasteiger partial charge in [0.2, 0.25) is 5.91 Å². The number of amides is 1. The predicted octanol–water partition coefficient (Wildman–Crippen LogP) is 1.07. The maximum atomic E-state index is 12.6. The summed E-state index contributed by atoms with van der Waals surface area (Å²) in [4.78, 5) is 10.5. The standard InChI is InChI=1S/C7H5ClFNO.C4H5NO.BH2O2/c8-5-2-1-4(7(10)11)3-6(5)9;1-4-2-3-6-5-4;2-1-3/h1-3H,(H2,10,11);2-3H,1H3;2-3H. The molecular weight excluding hydrogens is 289 g/mol. The minimum absolute atomic E-state index is 0. The van der Waals surface area contributed by atoms with Crippen molar-refractivity contribution in [2.24, 2.45) is 5.73 Å². The molecule has 107 valence electrons. The van der Waals surface area contributed by atoms with E-state index in [0.29, 0.717) is 0 Å². The monoisotopic (exact) mass is 301 g/mol. The van der Waals surface area contributed by atoms with E-state index in [2.05, 4.69) is 9.68 Å². The Bertz CT molecular complexity index is 525. The van der Waals surface area contributed by atoms with Gasteiger partial charge in [-0.25, -0.2) is 4.39 Å². The molecule has 1 aromatic carbocycles. The van der Waals surface area contributed by atoms with Crippen LogP contribution in [0.3, 0.4) is 0 Å². The van der Waals surface area contributed by atoms with E-state index < -0.39 is 11.7 Å². The molecule has 20 heavy (non-hydrogen) atoms. The molecule has 1 heterocycles. The number of aromatic nitrogens is 1. The number of nitrogens with zero attached hydrogens (tertiary/aromatic N) is 1. The first-order chi connectivity index (χ1) is 9.42. The molecular formula is C11H12BClFN2O4. The van der Waals surface area contributed by atoms with Gasteiger partial charge in [-0.1, -0.05) is 16.8 Å². The summed E-state index contributed by atoms with van der Waals surface area (Å²) in [6, 6.07) is 5.47. The number of hydrogen-bond acceptors (Lipinski definition) is 5. The number of nitrogens with two attached hydrogens (primary N) is 1. The third-order valence-electron chi connectivity index (χ3n) is 1.77. The Kier molecular flexibility index (Phi) is 9.02. The fraction of sp³-hybridized carbons (Fsp3) is 0.0909. The van der Waals surface area contributed by atoms with Crippen molar-refractivity contribution in [1.82, 2.24) is 5.16 Å². The smallest absolute Gasteiger partial charge is 0.429 e. The lowest BCUT2D eigenvalue weighted by atomic mass is 10.2. The third-order valence-corrected chi connectivity index (χ3v) is 2.08. The van der Waals surface area contributed by atoms with Crippen LogP contribution < -0.4 is 5.73 Å². The summed E-state index contributed by atoms with van der Waals surface area (Å²) in [5, 5.41) is 17.5. The van der Waals surface area contributed by atoms with Crippen LogP contribution in [-0.4, -0.2) is 28.8 Å². The molecule has 4 N–H and O–H groups in total. The summed E-state index contributed by atoms with van der Waals surface area (Å²) in [6.45, 7) is 1.88. The highest BCUT2D eigenvalue weighted by Gasteiger charge is 2.03. The van der Waals surface area contributed by atoms with Crippen LogP contribution in [0.4, 0.5) is 4.39 Å². The van der Waals surface area contributed by atoms with Gasteiger partial charge in [0.15, 0.2) is 0 Å². The molecule has 0 unspecified atom stereocenters. The van der Waals surface area contributed by atoms with Crippen LogP contribution in [0, 0.1) is 12.7 Å². The highest BCUT2D eigenvalue weighted by molar-refractivity contribution is 6.30. The highest BCUT2D eigenvalue weighted by atomic mass is 35.5. The minimum Gasteiger partial charge on any atom is -0.429 e. The van der Waals surface area contributed by atoms with Crippen molar-refractivity contribution >= 4 is 25.2 Å². The van der Waals surface area contributed by atoms with Crippen LogP contribution in [0.2, 0.25) is 5.02 Å². The van der Waals surface area contributed by atoms with Gasteiger partial charge in [0, 0.05) is 11.6 Å². The number of rotatable bonds is 1. The topological polar surface area (TPSA) is 110 Å². The molecule has 0 saturated carbocycles. The molecule has 6 nitrogen and oxygen atoms in total. The summed E-state index contributed by atoms with van der Waals surface area (Å²) in [5.41, 5.74) is 5.93. The highest BCUT2D eigenvalue weighted by Crippen LogP contribution is 2.14. The van der Waals surface area contributed by atoms with Gasteiger partial charge in [0.05, 0.1) is 10.7 Å². The SMILES string of the molecule is Cc1ccon1.NC(=O)c1ccc(Cl)c(F)c1.O[B]O. The lowest BCUT2D eigenvalue weighted by molar-refractivity contribution is 0.1000. The van der Waals surface area contributed by atoms with Crippen LogP contribution >= 0.6 is 11.6 Å². The van der Waals surface area contributed by atoms with Crippen molar-refractivity contribution in [1.29, 1.82) is 0 Å². The van der Waals surface area contributed by atoms with Crippen molar-refractivity contribution in [3.05, 3.63) is 52.6 Å². The van der Waals surface area contributed by atoms with Crippen LogP contribution in [0.25, 0.3) is 0 Å². The molecule has 0 aliphatic rings. The number of carbonyl (C=O) groups excluding carboxylic acids is 1. The van der Waals surface area contributed by atoms with Crippen molar-refractivity contribution in [2.45, 2.75) is 6.92 Å². The van der Waals surface area contributed by atoms with E-state index in [1.54, 1.807) is 12.3 Å². The zero-order chi connectivity index (χ0) is 15.5. The van der Waals surface area contributed by atoms with Gasteiger partial charge in [-0.15, -0.1) is 0 Å². The Balaban J connectivity index is 0.000000336. The lowest BCUT2D eigenvalue weighted by Crippen LogP contribution is -2.10. The van der Waals surface area contributed by atoms with E-state index in [1.165, 1.54) is 12.1 Å². The van der Waals surface area contributed by atoms with E-state index in [1.807, 2.05) is 6.92 Å². The van der Waals surface area contributed by atoms with Gasteiger partial charge in [-0.2, -0.15) is 0 Å². The normalized spacial score (nSPS) is 8.65. The fourth-order valence-corrected chi connectivity index (χ4v) is 1.04. The zero-order valence-electron chi connectivity index (χ0n) is 10.5. The van der Waals surface area contributed by atoms with E-state index in [4.69, 9.17) is 27.4 Å². The predicted molar refractivity (Wildman–Crippen MR) is 71.4 cm³/mol. The van der Waals surface area contributed by atoms with Crippen LogP contribution in [0.5, 0.6) is 0 Å². The first-order valence-electron chi connectivity index (χ1n) is 5.14. The second-order valence-electron chi connectivity index (χ2n) is 3.25. The van der Waals surface area contributed by atoms with Crippen LogP contribution in [0.1, 0.15) is 16.1 Å². The zero-order valence-corrected chi connectivity index (χ0v) is 11.2. The fourth-order valence-electron chi connectivity index (χ4n) is 0.922. The first kappa shape index (κ1) is 18.1. The second kappa shape index (κ2) is 9.96. The molecule has 9 heteroatoms. The average molecular weight is 301 g/mol. The summed E-state index contributed by atoms with van der Waals surface area (Å²) in [7, 11) is 0. The molecule has 1 radical (unpaired) electrons. The summed E-state index contributed by atoms with van der Waals surface area (Å²) in [6.07, 6.45) is 1.55. The molecule has 0 bridgehead atoms. The van der Waals surface area contributed by atoms with Gasteiger partial charge in [-0.05, 0) is 25.1 Å². The molecule has 0 fully saturated rings. The maximum Gasteiger partial charge on any atom is 0.482 e. The first-order valence-corrected chi connectivity index (χ1v) is 5.52. The van der Waals surface area contributed by atoms with Gasteiger partial charge < -0.3 is 20.3 Å². The van der Waals surface area contributed by atoms with Crippen molar-refractivity contribution in [3.63, 3.8) is 0 Å². The minimum atomic E-state index is -0.666.